The number of ether oxygens (including phenoxy) is 2. The Morgan fingerprint density at radius 1 is 1.25 bits per heavy atom. The number of aryl methyl sites for hydroxylation is 1. The highest BCUT2D eigenvalue weighted by molar-refractivity contribution is 5.94. The van der Waals surface area contributed by atoms with Gasteiger partial charge in [-0.2, -0.15) is 0 Å². The van der Waals surface area contributed by atoms with Crippen LogP contribution in [0.5, 0.6) is 0 Å². The predicted molar refractivity (Wildman–Crippen MR) is 119 cm³/mol. The first-order valence-corrected chi connectivity index (χ1v) is 10.9. The van der Waals surface area contributed by atoms with E-state index in [-0.39, 0.29) is 24.2 Å². The summed E-state index contributed by atoms with van der Waals surface area (Å²) in [6, 6.07) is 15.3. The molecule has 1 amide bonds. The van der Waals surface area contributed by atoms with Crippen LogP contribution in [0.3, 0.4) is 0 Å². The van der Waals surface area contributed by atoms with Crippen molar-refractivity contribution in [2.24, 2.45) is 7.05 Å². The van der Waals surface area contributed by atoms with E-state index in [0.717, 1.165) is 25.0 Å². The van der Waals surface area contributed by atoms with Crippen LogP contribution in [0.2, 0.25) is 0 Å². The monoisotopic (exact) mass is 437 g/mol. The summed E-state index contributed by atoms with van der Waals surface area (Å²) >= 11 is 0. The first-order valence-electron chi connectivity index (χ1n) is 10.9. The summed E-state index contributed by atoms with van der Waals surface area (Å²) in [6.07, 6.45) is 1.87. The fraction of sp³-hybridized carbons (Fsp3) is 0.417. The van der Waals surface area contributed by atoms with Gasteiger partial charge in [0.05, 0.1) is 18.7 Å². The van der Waals surface area contributed by atoms with Gasteiger partial charge >= 0.3 is 5.76 Å². The lowest BCUT2D eigenvalue weighted by molar-refractivity contribution is -0.117. The molecule has 2 aromatic carbocycles. The molecule has 2 fully saturated rings. The quantitative estimate of drug-likeness (QED) is 0.638. The largest absolute Gasteiger partial charge is 0.419 e. The third kappa shape index (κ3) is 4.09. The molecule has 1 N–H and O–H groups in total. The molecule has 3 heterocycles. The highest BCUT2D eigenvalue weighted by atomic mass is 16.6. The standard InChI is InChI=1S/C24H27N3O5/c1-26-19-9-8-18(12-20(19)32-23(26)29)25-22(28)14-27-13-21(24(16-27)10-5-11-31-24)30-15-17-6-3-2-4-7-17/h2-4,6-9,12,21H,5,10-11,13-16H2,1H3,(H,25,28)/t21-,24-/m0/s1. The molecule has 8 heteroatoms. The van der Waals surface area contributed by atoms with Crippen LogP contribution >= 0.6 is 0 Å². The molecule has 2 aliphatic rings. The molecule has 1 aromatic heterocycles. The molecule has 3 aromatic rings. The Morgan fingerprint density at radius 3 is 2.88 bits per heavy atom. The molecule has 0 unspecified atom stereocenters. The fourth-order valence-electron chi connectivity index (χ4n) is 4.75. The van der Waals surface area contributed by atoms with Crippen molar-refractivity contribution >= 4 is 22.7 Å². The van der Waals surface area contributed by atoms with Crippen LogP contribution in [0.15, 0.2) is 57.7 Å². The highest BCUT2D eigenvalue weighted by Crippen LogP contribution is 2.37. The topological polar surface area (TPSA) is 85.9 Å². The van der Waals surface area contributed by atoms with E-state index in [2.05, 4.69) is 10.2 Å². The average Bonchev–Trinajstić information content (AvgIpc) is 3.46. The van der Waals surface area contributed by atoms with E-state index in [1.807, 2.05) is 30.3 Å². The molecule has 1 spiro atoms. The summed E-state index contributed by atoms with van der Waals surface area (Å²) in [5, 5.41) is 2.91. The number of nitrogens with zero attached hydrogens (tertiary/aromatic N) is 2. The van der Waals surface area contributed by atoms with Crippen LogP contribution in [0, 0.1) is 0 Å². The Morgan fingerprint density at radius 2 is 2.09 bits per heavy atom. The number of hydrogen-bond donors (Lipinski definition) is 1. The maximum atomic E-state index is 12.7. The van der Waals surface area contributed by atoms with Crippen LogP contribution in [0.1, 0.15) is 18.4 Å². The molecule has 0 bridgehead atoms. The lowest BCUT2D eigenvalue weighted by Crippen LogP contribution is -2.42. The second-order valence-electron chi connectivity index (χ2n) is 8.63. The smallest absolute Gasteiger partial charge is 0.408 e. The van der Waals surface area contributed by atoms with Crippen LogP contribution in [0.4, 0.5) is 5.69 Å². The SMILES string of the molecule is Cn1c(=O)oc2cc(NC(=O)CN3C[C@H](OCc4ccccc4)[C@]4(CCCO4)C3)ccc21. The molecule has 0 saturated carbocycles. The Kier molecular flexibility index (Phi) is 5.58. The molecule has 5 rings (SSSR count). The van der Waals surface area contributed by atoms with E-state index >= 15 is 0 Å². The number of aromatic nitrogens is 1. The summed E-state index contributed by atoms with van der Waals surface area (Å²) in [6.45, 7) is 2.82. The molecule has 168 valence electrons. The van der Waals surface area contributed by atoms with Gasteiger partial charge in [0, 0.05) is 38.5 Å². The van der Waals surface area contributed by atoms with E-state index < -0.39 is 5.76 Å². The van der Waals surface area contributed by atoms with Crippen molar-refractivity contribution in [1.82, 2.24) is 9.47 Å². The fourth-order valence-corrected chi connectivity index (χ4v) is 4.75. The molecule has 32 heavy (non-hydrogen) atoms. The van der Waals surface area contributed by atoms with E-state index in [1.54, 1.807) is 25.2 Å². The van der Waals surface area contributed by atoms with Crippen LogP contribution < -0.4 is 11.1 Å². The maximum absolute atomic E-state index is 12.7. The van der Waals surface area contributed by atoms with Gasteiger partial charge in [-0.05, 0) is 30.5 Å². The summed E-state index contributed by atoms with van der Waals surface area (Å²) < 4.78 is 19.1. The normalized spacial score (nSPS) is 23.3. The minimum absolute atomic E-state index is 0.0760. The summed E-state index contributed by atoms with van der Waals surface area (Å²) in [4.78, 5) is 26.5. The van der Waals surface area contributed by atoms with E-state index in [4.69, 9.17) is 13.9 Å². The van der Waals surface area contributed by atoms with Gasteiger partial charge in [-0.15, -0.1) is 0 Å². The molecule has 2 aliphatic heterocycles. The third-order valence-electron chi connectivity index (χ3n) is 6.37. The Bertz CT molecular complexity index is 1160. The highest BCUT2D eigenvalue weighted by Gasteiger charge is 2.50. The molecule has 8 nitrogen and oxygen atoms in total. The van der Waals surface area contributed by atoms with Gasteiger partial charge in [-0.1, -0.05) is 30.3 Å². The minimum Gasteiger partial charge on any atom is -0.408 e. The number of rotatable bonds is 6. The zero-order valence-electron chi connectivity index (χ0n) is 18.1. The number of benzene rings is 2. The molecule has 0 aliphatic carbocycles. The summed E-state index contributed by atoms with van der Waals surface area (Å²) in [7, 11) is 1.65. The van der Waals surface area contributed by atoms with Crippen molar-refractivity contribution in [3.8, 4) is 0 Å². The molecular weight excluding hydrogens is 410 g/mol. The number of fused-ring (bicyclic) bond motifs is 1. The maximum Gasteiger partial charge on any atom is 0.419 e. The number of carbonyl (C=O) groups is 1. The summed E-state index contributed by atoms with van der Waals surface area (Å²) in [5.74, 6) is -0.552. The predicted octanol–water partition coefficient (Wildman–Crippen LogP) is 2.52. The lowest BCUT2D eigenvalue weighted by Gasteiger charge is -2.29. The van der Waals surface area contributed by atoms with Gasteiger partial charge in [-0.25, -0.2) is 4.79 Å². The first-order chi connectivity index (χ1) is 15.5. The van der Waals surface area contributed by atoms with Gasteiger partial charge < -0.3 is 19.2 Å². The average molecular weight is 437 g/mol. The molecular formula is C24H27N3O5. The number of likely N-dealkylation sites (tertiary alicyclic amines) is 1. The number of hydrogen-bond acceptors (Lipinski definition) is 6. The van der Waals surface area contributed by atoms with Gasteiger partial charge in [0.15, 0.2) is 5.58 Å². The van der Waals surface area contributed by atoms with Crippen molar-refractivity contribution in [3.63, 3.8) is 0 Å². The van der Waals surface area contributed by atoms with Gasteiger partial charge in [-0.3, -0.25) is 14.3 Å². The van der Waals surface area contributed by atoms with Crippen LogP contribution in [-0.2, 0) is 27.9 Å². The van der Waals surface area contributed by atoms with Crippen molar-refractivity contribution in [2.75, 3.05) is 31.6 Å². The number of oxazole rings is 1. The molecule has 2 saturated heterocycles. The zero-order valence-corrected chi connectivity index (χ0v) is 18.1. The van der Waals surface area contributed by atoms with E-state index in [1.165, 1.54) is 4.57 Å². The second-order valence-corrected chi connectivity index (χ2v) is 8.63. The zero-order chi connectivity index (χ0) is 22.1. The van der Waals surface area contributed by atoms with Crippen molar-refractivity contribution in [3.05, 3.63) is 64.6 Å². The van der Waals surface area contributed by atoms with Gasteiger partial charge in [0.1, 0.15) is 11.7 Å². The van der Waals surface area contributed by atoms with E-state index in [0.29, 0.717) is 36.5 Å². The third-order valence-corrected chi connectivity index (χ3v) is 6.37. The lowest BCUT2D eigenvalue weighted by atomic mass is 9.96. The van der Waals surface area contributed by atoms with Crippen molar-refractivity contribution in [2.45, 2.75) is 31.2 Å². The van der Waals surface area contributed by atoms with E-state index in [9.17, 15) is 9.59 Å². The van der Waals surface area contributed by atoms with Crippen LogP contribution in [0.25, 0.3) is 11.1 Å². The van der Waals surface area contributed by atoms with Gasteiger partial charge in [0.2, 0.25) is 5.91 Å². The van der Waals surface area contributed by atoms with Crippen molar-refractivity contribution in [1.29, 1.82) is 0 Å². The number of amides is 1. The van der Waals surface area contributed by atoms with Gasteiger partial charge in [0.25, 0.3) is 0 Å². The van der Waals surface area contributed by atoms with Crippen molar-refractivity contribution < 1.29 is 18.7 Å². The molecule has 0 radical (unpaired) electrons. The minimum atomic E-state index is -0.427. The van der Waals surface area contributed by atoms with Crippen LogP contribution in [-0.4, -0.2) is 53.3 Å². The molecule has 2 atom stereocenters. The number of nitrogens with one attached hydrogen (secondary N) is 1. The number of anilines is 1. The Labute approximate surface area is 185 Å². The Hall–Kier alpha value is -2.94. The summed E-state index contributed by atoms with van der Waals surface area (Å²) in [5.41, 5.74) is 2.51. The number of carbonyl (C=O) groups excluding carboxylic acids is 1. The second kappa shape index (κ2) is 8.54. The Balaban J connectivity index is 1.23. The first kappa shape index (κ1) is 20.9.